The monoisotopic (exact) mass is 260 g/mol. The Kier molecular flexibility index (Phi) is 9.43. The first-order valence-electron chi connectivity index (χ1n) is 6.27. The van der Waals surface area contributed by atoms with E-state index in [1.54, 1.807) is 19.1 Å². The van der Waals surface area contributed by atoms with Crippen molar-refractivity contribution >= 4 is 7.60 Å². The standard InChI is InChI=1S/C13H25O3P/c1-5-9-10-11-13(7-3)16-17(14,12-6-2)15-8-4/h6-7,13H,2-3,5,8-12H2,1,4H3. The molecule has 0 aromatic rings. The van der Waals surface area contributed by atoms with Crippen molar-refractivity contribution in [2.45, 2.75) is 45.6 Å². The van der Waals surface area contributed by atoms with Gasteiger partial charge in [0.05, 0.1) is 18.9 Å². The summed E-state index contributed by atoms with van der Waals surface area (Å²) in [6.07, 6.45) is 7.51. The van der Waals surface area contributed by atoms with Crippen LogP contribution >= 0.6 is 7.60 Å². The van der Waals surface area contributed by atoms with Gasteiger partial charge in [-0.2, -0.15) is 0 Å². The fourth-order valence-corrected chi connectivity index (χ4v) is 3.06. The van der Waals surface area contributed by atoms with Crippen molar-refractivity contribution in [3.63, 3.8) is 0 Å². The van der Waals surface area contributed by atoms with Crippen LogP contribution in [-0.2, 0) is 13.6 Å². The Morgan fingerprint density at radius 1 is 1.29 bits per heavy atom. The summed E-state index contributed by atoms with van der Waals surface area (Å²) in [5, 5.41) is 0. The van der Waals surface area contributed by atoms with Crippen LogP contribution in [-0.4, -0.2) is 18.9 Å². The van der Waals surface area contributed by atoms with E-state index in [0.29, 0.717) is 6.61 Å². The highest BCUT2D eigenvalue weighted by molar-refractivity contribution is 7.54. The summed E-state index contributed by atoms with van der Waals surface area (Å²) in [6.45, 7) is 11.6. The van der Waals surface area contributed by atoms with E-state index in [4.69, 9.17) is 9.05 Å². The maximum absolute atomic E-state index is 12.3. The highest BCUT2D eigenvalue weighted by atomic mass is 31.2. The van der Waals surface area contributed by atoms with Crippen LogP contribution in [0.3, 0.4) is 0 Å². The second kappa shape index (κ2) is 9.64. The molecule has 0 saturated heterocycles. The first-order chi connectivity index (χ1) is 8.11. The molecule has 0 fully saturated rings. The molecule has 3 nitrogen and oxygen atoms in total. The molecule has 0 aromatic carbocycles. The largest absolute Gasteiger partial charge is 0.334 e. The van der Waals surface area contributed by atoms with E-state index in [-0.39, 0.29) is 12.3 Å². The molecule has 0 amide bonds. The van der Waals surface area contributed by atoms with Gasteiger partial charge in [0.2, 0.25) is 0 Å². The van der Waals surface area contributed by atoms with Gasteiger partial charge in [0.1, 0.15) is 0 Å². The van der Waals surface area contributed by atoms with E-state index in [1.807, 2.05) is 0 Å². The number of allylic oxidation sites excluding steroid dienone is 1. The minimum atomic E-state index is -3.03. The van der Waals surface area contributed by atoms with Gasteiger partial charge in [0.15, 0.2) is 0 Å². The summed E-state index contributed by atoms with van der Waals surface area (Å²) >= 11 is 0. The normalized spacial score (nSPS) is 16.1. The molecular formula is C13H25O3P. The maximum Gasteiger partial charge on any atom is 0.334 e. The molecule has 0 bridgehead atoms. The van der Waals surface area contributed by atoms with Crippen molar-refractivity contribution in [2.24, 2.45) is 0 Å². The summed E-state index contributed by atoms with van der Waals surface area (Å²) in [5.41, 5.74) is 0. The summed E-state index contributed by atoms with van der Waals surface area (Å²) in [5.74, 6) is 0. The summed E-state index contributed by atoms with van der Waals surface area (Å²) < 4.78 is 23.0. The van der Waals surface area contributed by atoms with Crippen LogP contribution in [0.2, 0.25) is 0 Å². The second-order valence-electron chi connectivity index (χ2n) is 3.88. The summed E-state index contributed by atoms with van der Waals surface area (Å²) in [6, 6.07) is 0. The molecule has 4 heteroatoms. The van der Waals surface area contributed by atoms with E-state index in [9.17, 15) is 4.57 Å². The van der Waals surface area contributed by atoms with Gasteiger partial charge in [-0.15, -0.1) is 13.2 Å². The predicted octanol–water partition coefficient (Wildman–Crippen LogP) is 4.55. The van der Waals surface area contributed by atoms with E-state index in [1.165, 1.54) is 0 Å². The van der Waals surface area contributed by atoms with Gasteiger partial charge in [-0.05, 0) is 13.3 Å². The molecule has 0 rings (SSSR count). The van der Waals surface area contributed by atoms with Crippen molar-refractivity contribution in [1.82, 2.24) is 0 Å². The molecule has 17 heavy (non-hydrogen) atoms. The quantitative estimate of drug-likeness (QED) is 0.310. The third-order valence-corrected chi connectivity index (χ3v) is 4.28. The highest BCUT2D eigenvalue weighted by Crippen LogP contribution is 2.49. The number of rotatable bonds is 11. The van der Waals surface area contributed by atoms with Crippen molar-refractivity contribution in [1.29, 1.82) is 0 Å². The molecular weight excluding hydrogens is 235 g/mol. The maximum atomic E-state index is 12.3. The van der Waals surface area contributed by atoms with E-state index in [2.05, 4.69) is 20.1 Å². The van der Waals surface area contributed by atoms with Gasteiger partial charge in [0, 0.05) is 0 Å². The summed E-state index contributed by atoms with van der Waals surface area (Å²) in [7, 11) is -3.03. The van der Waals surface area contributed by atoms with Crippen LogP contribution in [0.5, 0.6) is 0 Å². The zero-order valence-electron chi connectivity index (χ0n) is 11.1. The van der Waals surface area contributed by atoms with Crippen LogP contribution in [0.4, 0.5) is 0 Å². The van der Waals surface area contributed by atoms with Crippen LogP contribution < -0.4 is 0 Å². The molecule has 0 aliphatic rings. The molecule has 0 spiro atoms. The van der Waals surface area contributed by atoms with Gasteiger partial charge in [-0.1, -0.05) is 38.3 Å². The molecule has 2 unspecified atom stereocenters. The lowest BCUT2D eigenvalue weighted by Crippen LogP contribution is -2.10. The van der Waals surface area contributed by atoms with E-state index >= 15 is 0 Å². The Hall–Kier alpha value is -0.370. The van der Waals surface area contributed by atoms with Crippen molar-refractivity contribution in [3.8, 4) is 0 Å². The van der Waals surface area contributed by atoms with Crippen LogP contribution in [0, 0.1) is 0 Å². The summed E-state index contributed by atoms with van der Waals surface area (Å²) in [4.78, 5) is 0. The molecule has 2 atom stereocenters. The van der Waals surface area contributed by atoms with Gasteiger partial charge >= 0.3 is 7.60 Å². The molecule has 0 N–H and O–H groups in total. The first-order valence-corrected chi connectivity index (χ1v) is 8.00. The van der Waals surface area contributed by atoms with Gasteiger partial charge in [-0.25, -0.2) is 0 Å². The van der Waals surface area contributed by atoms with Crippen LogP contribution in [0.1, 0.15) is 39.5 Å². The predicted molar refractivity (Wildman–Crippen MR) is 73.5 cm³/mol. The smallest absolute Gasteiger partial charge is 0.309 e. The van der Waals surface area contributed by atoms with Crippen LogP contribution in [0.25, 0.3) is 0 Å². The Morgan fingerprint density at radius 2 is 2.00 bits per heavy atom. The number of hydrogen-bond donors (Lipinski definition) is 0. The topological polar surface area (TPSA) is 35.5 Å². The Labute approximate surface area is 105 Å². The zero-order valence-corrected chi connectivity index (χ0v) is 12.0. The number of unbranched alkanes of at least 4 members (excludes halogenated alkanes) is 2. The third kappa shape index (κ3) is 7.54. The molecule has 0 aliphatic heterocycles. The second-order valence-corrected chi connectivity index (χ2v) is 5.93. The minimum absolute atomic E-state index is 0.195. The highest BCUT2D eigenvalue weighted by Gasteiger charge is 2.25. The number of hydrogen-bond acceptors (Lipinski definition) is 3. The Bertz CT molecular complexity index is 263. The molecule has 0 aliphatic carbocycles. The van der Waals surface area contributed by atoms with Gasteiger partial charge < -0.3 is 9.05 Å². The SMILES string of the molecule is C=CCP(=O)(OCC)OC(C=C)CCCCC. The lowest BCUT2D eigenvalue weighted by molar-refractivity contribution is 0.172. The third-order valence-electron chi connectivity index (χ3n) is 2.33. The lowest BCUT2D eigenvalue weighted by atomic mass is 10.1. The zero-order chi connectivity index (χ0) is 13.1. The van der Waals surface area contributed by atoms with Crippen LogP contribution in [0.15, 0.2) is 25.3 Å². The molecule has 0 aromatic heterocycles. The van der Waals surface area contributed by atoms with E-state index < -0.39 is 7.60 Å². The average molecular weight is 260 g/mol. The first kappa shape index (κ1) is 16.6. The van der Waals surface area contributed by atoms with Gasteiger partial charge in [-0.3, -0.25) is 4.57 Å². The molecule has 0 saturated carbocycles. The molecule has 0 heterocycles. The Morgan fingerprint density at radius 3 is 2.47 bits per heavy atom. The fraction of sp³-hybridized carbons (Fsp3) is 0.692. The van der Waals surface area contributed by atoms with Crippen molar-refractivity contribution in [3.05, 3.63) is 25.3 Å². The Balaban J connectivity index is 4.32. The molecule has 100 valence electrons. The fourth-order valence-electron chi connectivity index (χ4n) is 1.50. The lowest BCUT2D eigenvalue weighted by Gasteiger charge is -2.21. The van der Waals surface area contributed by atoms with E-state index in [0.717, 1.165) is 25.7 Å². The van der Waals surface area contributed by atoms with Crippen molar-refractivity contribution < 1.29 is 13.6 Å². The average Bonchev–Trinajstić information content (AvgIpc) is 2.28. The van der Waals surface area contributed by atoms with Gasteiger partial charge in [0.25, 0.3) is 0 Å². The minimum Gasteiger partial charge on any atom is -0.309 e. The molecule has 0 radical (unpaired) electrons. The van der Waals surface area contributed by atoms with Crippen molar-refractivity contribution in [2.75, 3.05) is 12.8 Å².